The summed E-state index contributed by atoms with van der Waals surface area (Å²) in [5.74, 6) is 0.441. The van der Waals surface area contributed by atoms with Crippen molar-refractivity contribution in [2.75, 3.05) is 0 Å². The largest absolute Gasteiger partial charge is 0.481 e. The highest BCUT2D eigenvalue weighted by Crippen LogP contribution is 2.45. The number of hydrogen-bond donors (Lipinski definition) is 1. The Hall–Kier alpha value is -0.530. The molecule has 0 amide bonds. The zero-order valence-corrected chi connectivity index (χ0v) is 9.55. The Balaban J connectivity index is 2.55. The van der Waals surface area contributed by atoms with Crippen LogP contribution in [0.2, 0.25) is 0 Å². The van der Waals surface area contributed by atoms with E-state index in [-0.39, 0.29) is 0 Å². The molecule has 2 nitrogen and oxygen atoms in total. The monoisotopic (exact) mass is 198 g/mol. The standard InChI is InChI=1S/C12H22O2/c1-9(2)12(3)6-4-5-10(8-12)7-11(13)14/h9-10H,4-8H2,1-3H3,(H,13,14). The molecule has 1 fully saturated rings. The number of rotatable bonds is 3. The van der Waals surface area contributed by atoms with Gasteiger partial charge in [-0.25, -0.2) is 0 Å². The summed E-state index contributed by atoms with van der Waals surface area (Å²) in [4.78, 5) is 10.6. The molecule has 82 valence electrons. The average molecular weight is 198 g/mol. The molecule has 0 spiro atoms. The summed E-state index contributed by atoms with van der Waals surface area (Å²) in [5.41, 5.74) is 0.373. The van der Waals surface area contributed by atoms with Crippen LogP contribution in [0.1, 0.15) is 52.9 Å². The van der Waals surface area contributed by atoms with Crippen LogP contribution in [0, 0.1) is 17.3 Å². The Morgan fingerprint density at radius 3 is 2.71 bits per heavy atom. The molecule has 0 saturated heterocycles. The number of hydrogen-bond acceptors (Lipinski definition) is 1. The molecule has 0 aromatic carbocycles. The molecule has 0 radical (unpaired) electrons. The van der Waals surface area contributed by atoms with Crippen molar-refractivity contribution in [3.8, 4) is 0 Å². The second-order valence-corrected chi connectivity index (χ2v) is 5.37. The third-order valence-electron chi connectivity index (χ3n) is 3.97. The molecule has 2 atom stereocenters. The van der Waals surface area contributed by atoms with Crippen molar-refractivity contribution in [1.29, 1.82) is 0 Å². The van der Waals surface area contributed by atoms with Crippen LogP contribution in [0.25, 0.3) is 0 Å². The lowest BCUT2D eigenvalue weighted by molar-refractivity contribution is -0.138. The third-order valence-corrected chi connectivity index (χ3v) is 3.97. The second-order valence-electron chi connectivity index (χ2n) is 5.37. The molecule has 2 unspecified atom stereocenters. The predicted octanol–water partition coefficient (Wildman–Crippen LogP) is 3.31. The Morgan fingerprint density at radius 1 is 1.57 bits per heavy atom. The first-order valence-electron chi connectivity index (χ1n) is 5.66. The van der Waals surface area contributed by atoms with Gasteiger partial charge >= 0.3 is 5.97 Å². The normalized spacial score (nSPS) is 33.3. The van der Waals surface area contributed by atoms with Crippen LogP contribution in [0.3, 0.4) is 0 Å². The van der Waals surface area contributed by atoms with E-state index in [2.05, 4.69) is 20.8 Å². The van der Waals surface area contributed by atoms with Gasteiger partial charge in [0, 0.05) is 6.42 Å². The molecule has 1 saturated carbocycles. The Bertz CT molecular complexity index is 210. The van der Waals surface area contributed by atoms with E-state index in [1.54, 1.807) is 0 Å². The van der Waals surface area contributed by atoms with Gasteiger partial charge in [0.15, 0.2) is 0 Å². The van der Waals surface area contributed by atoms with Crippen LogP contribution in [-0.2, 0) is 4.79 Å². The van der Waals surface area contributed by atoms with E-state index in [9.17, 15) is 4.79 Å². The van der Waals surface area contributed by atoms with Crippen LogP contribution in [0.4, 0.5) is 0 Å². The molecule has 0 bridgehead atoms. The zero-order valence-electron chi connectivity index (χ0n) is 9.55. The maximum absolute atomic E-state index is 10.6. The fraction of sp³-hybridized carbons (Fsp3) is 0.917. The molecule has 1 aliphatic rings. The molecule has 14 heavy (non-hydrogen) atoms. The van der Waals surface area contributed by atoms with E-state index in [0.29, 0.717) is 23.7 Å². The predicted molar refractivity (Wildman–Crippen MR) is 57.2 cm³/mol. The summed E-state index contributed by atoms with van der Waals surface area (Å²) >= 11 is 0. The van der Waals surface area contributed by atoms with Crippen LogP contribution < -0.4 is 0 Å². The summed E-state index contributed by atoms with van der Waals surface area (Å²) in [6, 6.07) is 0. The molecular formula is C12H22O2. The molecule has 0 heterocycles. The number of carboxylic acid groups (broad SMARTS) is 1. The van der Waals surface area contributed by atoms with Crippen molar-refractivity contribution in [3.05, 3.63) is 0 Å². The maximum atomic E-state index is 10.6. The van der Waals surface area contributed by atoms with Gasteiger partial charge in [-0.05, 0) is 36.5 Å². The summed E-state index contributed by atoms with van der Waals surface area (Å²) in [7, 11) is 0. The van der Waals surface area contributed by atoms with Crippen LogP contribution in [0.5, 0.6) is 0 Å². The van der Waals surface area contributed by atoms with Gasteiger partial charge in [-0.15, -0.1) is 0 Å². The first kappa shape index (κ1) is 11.5. The topological polar surface area (TPSA) is 37.3 Å². The quantitative estimate of drug-likeness (QED) is 0.755. The molecule has 0 aromatic heterocycles. The van der Waals surface area contributed by atoms with E-state index in [0.717, 1.165) is 12.8 Å². The van der Waals surface area contributed by atoms with Crippen LogP contribution in [0.15, 0.2) is 0 Å². The average Bonchev–Trinajstić information content (AvgIpc) is 2.02. The molecule has 1 rings (SSSR count). The fourth-order valence-corrected chi connectivity index (χ4v) is 2.60. The van der Waals surface area contributed by atoms with Crippen molar-refractivity contribution >= 4 is 5.97 Å². The van der Waals surface area contributed by atoms with Crippen molar-refractivity contribution in [2.24, 2.45) is 17.3 Å². The second kappa shape index (κ2) is 4.33. The van der Waals surface area contributed by atoms with Gasteiger partial charge in [0.05, 0.1) is 0 Å². The van der Waals surface area contributed by atoms with E-state index in [1.807, 2.05) is 0 Å². The van der Waals surface area contributed by atoms with Gasteiger partial charge in [-0.1, -0.05) is 27.2 Å². The Labute approximate surface area is 86.7 Å². The van der Waals surface area contributed by atoms with E-state index >= 15 is 0 Å². The Kier molecular flexibility index (Phi) is 3.57. The molecule has 0 aliphatic heterocycles. The fourth-order valence-electron chi connectivity index (χ4n) is 2.60. The zero-order chi connectivity index (χ0) is 10.8. The molecule has 1 N–H and O–H groups in total. The lowest BCUT2D eigenvalue weighted by Gasteiger charge is -2.41. The van der Waals surface area contributed by atoms with Crippen molar-refractivity contribution in [1.82, 2.24) is 0 Å². The van der Waals surface area contributed by atoms with Gasteiger partial charge in [0.25, 0.3) is 0 Å². The van der Waals surface area contributed by atoms with Crippen molar-refractivity contribution in [3.63, 3.8) is 0 Å². The highest BCUT2D eigenvalue weighted by molar-refractivity contribution is 5.67. The van der Waals surface area contributed by atoms with Gasteiger partial charge in [0.2, 0.25) is 0 Å². The summed E-state index contributed by atoms with van der Waals surface area (Å²) < 4.78 is 0. The highest BCUT2D eigenvalue weighted by atomic mass is 16.4. The summed E-state index contributed by atoms with van der Waals surface area (Å²) in [6.45, 7) is 6.82. The van der Waals surface area contributed by atoms with E-state index in [4.69, 9.17) is 5.11 Å². The minimum atomic E-state index is -0.636. The van der Waals surface area contributed by atoms with E-state index in [1.165, 1.54) is 12.8 Å². The van der Waals surface area contributed by atoms with Gasteiger partial charge in [-0.2, -0.15) is 0 Å². The summed E-state index contributed by atoms with van der Waals surface area (Å²) in [6.07, 6.45) is 5.03. The van der Waals surface area contributed by atoms with Crippen molar-refractivity contribution < 1.29 is 9.90 Å². The first-order chi connectivity index (χ1) is 6.44. The van der Waals surface area contributed by atoms with Crippen LogP contribution in [-0.4, -0.2) is 11.1 Å². The molecule has 2 heteroatoms. The molecule has 0 aromatic rings. The maximum Gasteiger partial charge on any atom is 0.303 e. The molecular weight excluding hydrogens is 176 g/mol. The smallest absolute Gasteiger partial charge is 0.303 e. The lowest BCUT2D eigenvalue weighted by Crippen LogP contribution is -2.31. The van der Waals surface area contributed by atoms with E-state index < -0.39 is 5.97 Å². The number of aliphatic carboxylic acids is 1. The highest BCUT2D eigenvalue weighted by Gasteiger charge is 2.35. The van der Waals surface area contributed by atoms with Crippen molar-refractivity contribution in [2.45, 2.75) is 52.9 Å². The Morgan fingerprint density at radius 2 is 2.21 bits per heavy atom. The number of carboxylic acids is 1. The minimum absolute atomic E-state index is 0.363. The first-order valence-corrected chi connectivity index (χ1v) is 5.66. The van der Waals surface area contributed by atoms with Crippen LogP contribution >= 0.6 is 0 Å². The SMILES string of the molecule is CC(C)C1(C)CCCC(CC(=O)O)C1. The van der Waals surface area contributed by atoms with Gasteiger partial charge in [0.1, 0.15) is 0 Å². The summed E-state index contributed by atoms with van der Waals surface area (Å²) in [5, 5.41) is 8.77. The molecule has 1 aliphatic carbocycles. The lowest BCUT2D eigenvalue weighted by atomic mass is 9.64. The van der Waals surface area contributed by atoms with Gasteiger partial charge < -0.3 is 5.11 Å². The third kappa shape index (κ3) is 2.73. The van der Waals surface area contributed by atoms with Gasteiger partial charge in [-0.3, -0.25) is 4.79 Å². The minimum Gasteiger partial charge on any atom is -0.481 e. The number of carbonyl (C=O) groups is 1.